The standard InChI is InChI=1S/C14H13NO3/c16-14-3-1-2-11-6-12(4-5-13(11)14)17-8-10-7-15-18-9-10/h4-7,9H,1-3,8H2. The lowest BCUT2D eigenvalue weighted by atomic mass is 9.90. The summed E-state index contributed by atoms with van der Waals surface area (Å²) < 4.78 is 10.4. The Morgan fingerprint density at radius 1 is 1.33 bits per heavy atom. The number of rotatable bonds is 3. The molecule has 1 heterocycles. The van der Waals surface area contributed by atoms with Crippen LogP contribution in [0.1, 0.15) is 34.3 Å². The summed E-state index contributed by atoms with van der Waals surface area (Å²) in [6, 6.07) is 5.66. The second kappa shape index (κ2) is 4.64. The van der Waals surface area contributed by atoms with Gasteiger partial charge in [-0.25, -0.2) is 0 Å². The quantitative estimate of drug-likeness (QED) is 0.831. The van der Waals surface area contributed by atoms with Crippen LogP contribution in [0.4, 0.5) is 0 Å². The van der Waals surface area contributed by atoms with Crippen LogP contribution in [0, 0.1) is 0 Å². The van der Waals surface area contributed by atoms with Crippen LogP contribution in [0.2, 0.25) is 0 Å². The summed E-state index contributed by atoms with van der Waals surface area (Å²) in [6.45, 7) is 0.427. The highest BCUT2D eigenvalue weighted by molar-refractivity contribution is 5.98. The number of aryl methyl sites for hydroxylation is 1. The minimum Gasteiger partial charge on any atom is -0.489 e. The van der Waals surface area contributed by atoms with Crippen molar-refractivity contribution in [1.82, 2.24) is 5.16 Å². The number of Topliss-reactive ketones (excluding diaryl/α,β-unsaturated/α-hetero) is 1. The summed E-state index contributed by atoms with van der Waals surface area (Å²) in [5, 5.41) is 3.61. The molecule has 1 aliphatic rings. The van der Waals surface area contributed by atoms with Crippen molar-refractivity contribution < 1.29 is 14.1 Å². The summed E-state index contributed by atoms with van der Waals surface area (Å²) >= 11 is 0. The number of hydrogen-bond acceptors (Lipinski definition) is 4. The fourth-order valence-corrected chi connectivity index (χ4v) is 2.18. The Kier molecular flexibility index (Phi) is 2.84. The van der Waals surface area contributed by atoms with Gasteiger partial charge in [0.1, 0.15) is 18.6 Å². The lowest BCUT2D eigenvalue weighted by Gasteiger charge is -2.15. The molecule has 92 valence electrons. The van der Waals surface area contributed by atoms with Crippen molar-refractivity contribution in [2.75, 3.05) is 0 Å². The fraction of sp³-hybridized carbons (Fsp3) is 0.286. The van der Waals surface area contributed by atoms with E-state index in [0.29, 0.717) is 13.0 Å². The Labute approximate surface area is 105 Å². The number of nitrogens with zero attached hydrogens (tertiary/aromatic N) is 1. The maximum atomic E-state index is 11.7. The van der Waals surface area contributed by atoms with Gasteiger partial charge in [-0.1, -0.05) is 5.16 Å². The van der Waals surface area contributed by atoms with Crippen molar-refractivity contribution in [3.63, 3.8) is 0 Å². The first-order chi connectivity index (χ1) is 8.83. The molecule has 3 rings (SSSR count). The monoisotopic (exact) mass is 243 g/mol. The van der Waals surface area contributed by atoms with E-state index in [0.717, 1.165) is 35.3 Å². The van der Waals surface area contributed by atoms with Crippen molar-refractivity contribution in [3.05, 3.63) is 47.3 Å². The van der Waals surface area contributed by atoms with Gasteiger partial charge < -0.3 is 9.26 Å². The molecule has 18 heavy (non-hydrogen) atoms. The normalized spacial score (nSPS) is 14.3. The molecule has 0 aliphatic heterocycles. The predicted molar refractivity (Wildman–Crippen MR) is 64.5 cm³/mol. The maximum absolute atomic E-state index is 11.7. The minimum atomic E-state index is 0.238. The van der Waals surface area contributed by atoms with Crippen molar-refractivity contribution in [2.45, 2.75) is 25.9 Å². The first-order valence-electron chi connectivity index (χ1n) is 6.00. The van der Waals surface area contributed by atoms with Gasteiger partial charge in [0.15, 0.2) is 5.78 Å². The summed E-state index contributed by atoms with van der Waals surface area (Å²) in [5.41, 5.74) is 2.83. The van der Waals surface area contributed by atoms with E-state index in [1.54, 1.807) is 12.5 Å². The van der Waals surface area contributed by atoms with Gasteiger partial charge in [-0.2, -0.15) is 0 Å². The molecule has 1 aromatic carbocycles. The first-order valence-corrected chi connectivity index (χ1v) is 6.00. The number of ketones is 1. The molecular formula is C14H13NO3. The Bertz CT molecular complexity index is 560. The molecule has 1 aliphatic carbocycles. The zero-order valence-electron chi connectivity index (χ0n) is 9.89. The first kappa shape index (κ1) is 11.0. The van der Waals surface area contributed by atoms with E-state index in [-0.39, 0.29) is 5.78 Å². The molecule has 0 spiro atoms. The molecular weight excluding hydrogens is 230 g/mol. The van der Waals surface area contributed by atoms with Gasteiger partial charge in [0.2, 0.25) is 0 Å². The van der Waals surface area contributed by atoms with Gasteiger partial charge in [0.25, 0.3) is 0 Å². The van der Waals surface area contributed by atoms with Crippen LogP contribution in [0.25, 0.3) is 0 Å². The summed E-state index contributed by atoms with van der Waals surface area (Å²) in [7, 11) is 0. The largest absolute Gasteiger partial charge is 0.489 e. The zero-order chi connectivity index (χ0) is 12.4. The van der Waals surface area contributed by atoms with Crippen molar-refractivity contribution in [3.8, 4) is 5.75 Å². The second-order valence-corrected chi connectivity index (χ2v) is 4.42. The highest BCUT2D eigenvalue weighted by Gasteiger charge is 2.17. The number of benzene rings is 1. The van der Waals surface area contributed by atoms with Crippen molar-refractivity contribution >= 4 is 5.78 Å². The van der Waals surface area contributed by atoms with E-state index in [1.807, 2.05) is 18.2 Å². The molecule has 0 N–H and O–H groups in total. The highest BCUT2D eigenvalue weighted by atomic mass is 16.5. The molecule has 0 radical (unpaired) electrons. The molecule has 0 unspecified atom stereocenters. The lowest BCUT2D eigenvalue weighted by molar-refractivity contribution is 0.0972. The van der Waals surface area contributed by atoms with E-state index < -0.39 is 0 Å². The summed E-state index contributed by atoms with van der Waals surface area (Å²) in [4.78, 5) is 11.7. The molecule has 1 aromatic heterocycles. The van der Waals surface area contributed by atoms with Crippen LogP contribution < -0.4 is 4.74 Å². The van der Waals surface area contributed by atoms with Gasteiger partial charge in [-0.05, 0) is 36.6 Å². The second-order valence-electron chi connectivity index (χ2n) is 4.42. The van der Waals surface area contributed by atoms with E-state index in [2.05, 4.69) is 5.16 Å². The average Bonchev–Trinajstić information content (AvgIpc) is 2.90. The van der Waals surface area contributed by atoms with Gasteiger partial charge in [-0.15, -0.1) is 0 Å². The van der Waals surface area contributed by atoms with Crippen LogP contribution in [0.5, 0.6) is 5.75 Å². The van der Waals surface area contributed by atoms with Crippen molar-refractivity contribution in [2.24, 2.45) is 0 Å². The molecule has 4 nitrogen and oxygen atoms in total. The number of hydrogen-bond donors (Lipinski definition) is 0. The Morgan fingerprint density at radius 3 is 3.11 bits per heavy atom. The molecule has 0 saturated heterocycles. The minimum absolute atomic E-state index is 0.238. The lowest BCUT2D eigenvalue weighted by Crippen LogP contribution is -2.10. The summed E-state index contributed by atoms with van der Waals surface area (Å²) in [5.74, 6) is 1.02. The highest BCUT2D eigenvalue weighted by Crippen LogP contribution is 2.25. The van der Waals surface area contributed by atoms with Gasteiger partial charge in [-0.3, -0.25) is 4.79 Å². The van der Waals surface area contributed by atoms with Crippen LogP contribution in [0.3, 0.4) is 0 Å². The van der Waals surface area contributed by atoms with E-state index >= 15 is 0 Å². The Balaban J connectivity index is 1.76. The molecule has 4 heteroatoms. The van der Waals surface area contributed by atoms with Crippen LogP contribution >= 0.6 is 0 Å². The van der Waals surface area contributed by atoms with Gasteiger partial charge in [0, 0.05) is 17.5 Å². The van der Waals surface area contributed by atoms with Crippen molar-refractivity contribution in [1.29, 1.82) is 0 Å². The smallest absolute Gasteiger partial charge is 0.163 e. The zero-order valence-corrected chi connectivity index (χ0v) is 9.89. The molecule has 0 amide bonds. The molecule has 2 aromatic rings. The van der Waals surface area contributed by atoms with Gasteiger partial charge in [0.05, 0.1) is 6.20 Å². The van der Waals surface area contributed by atoms with Crippen LogP contribution in [0.15, 0.2) is 35.2 Å². The molecule has 0 atom stereocenters. The number of ether oxygens (including phenoxy) is 1. The van der Waals surface area contributed by atoms with Crippen LogP contribution in [-0.2, 0) is 13.0 Å². The van der Waals surface area contributed by atoms with E-state index in [9.17, 15) is 4.79 Å². The maximum Gasteiger partial charge on any atom is 0.163 e. The van der Waals surface area contributed by atoms with Crippen LogP contribution in [-0.4, -0.2) is 10.9 Å². The SMILES string of the molecule is O=C1CCCc2cc(OCc3cnoc3)ccc21. The molecule has 0 fully saturated rings. The Hall–Kier alpha value is -2.10. The van der Waals surface area contributed by atoms with E-state index in [4.69, 9.17) is 9.26 Å². The molecule has 0 bridgehead atoms. The third kappa shape index (κ3) is 2.14. The number of aromatic nitrogens is 1. The third-order valence-electron chi connectivity index (χ3n) is 3.12. The van der Waals surface area contributed by atoms with E-state index in [1.165, 1.54) is 0 Å². The number of carbonyl (C=O) groups is 1. The number of fused-ring (bicyclic) bond motifs is 1. The Morgan fingerprint density at radius 2 is 2.28 bits per heavy atom. The summed E-state index contributed by atoms with van der Waals surface area (Å²) in [6.07, 6.45) is 5.73. The topological polar surface area (TPSA) is 52.3 Å². The number of carbonyl (C=O) groups excluding carboxylic acids is 1. The molecule has 0 saturated carbocycles. The fourth-order valence-electron chi connectivity index (χ4n) is 2.18. The third-order valence-corrected chi connectivity index (χ3v) is 3.12. The van der Waals surface area contributed by atoms with Gasteiger partial charge >= 0.3 is 0 Å². The average molecular weight is 243 g/mol. The predicted octanol–water partition coefficient (Wildman–Crippen LogP) is 2.77.